The van der Waals surface area contributed by atoms with Crippen molar-refractivity contribution in [3.05, 3.63) is 81.8 Å². The molecular weight excluding hydrogens is 524 g/mol. The van der Waals surface area contributed by atoms with E-state index in [9.17, 15) is 13.2 Å². The summed E-state index contributed by atoms with van der Waals surface area (Å²) in [6.45, 7) is 3.91. The molecule has 3 aromatic carbocycles. The molecule has 3 aromatic rings. The maximum Gasteiger partial charge on any atom is 0.339 e. The fourth-order valence-corrected chi connectivity index (χ4v) is 4.45. The first-order valence-corrected chi connectivity index (χ1v) is 12.4. The number of hydrogen-bond acceptors (Lipinski definition) is 7. The van der Waals surface area contributed by atoms with Gasteiger partial charge in [0.2, 0.25) is 0 Å². The van der Waals surface area contributed by atoms with Crippen molar-refractivity contribution in [3.8, 4) is 17.2 Å². The number of aryl methyl sites for hydroxylation is 1. The molecule has 0 bridgehead atoms. The van der Waals surface area contributed by atoms with E-state index in [2.05, 4.69) is 26.5 Å². The first-order chi connectivity index (χ1) is 16.2. The number of carbonyl (C=O) groups excluding carboxylic acids is 1. The van der Waals surface area contributed by atoms with Crippen LogP contribution in [-0.2, 0) is 10.1 Å². The Bertz CT molecular complexity index is 1290. The van der Waals surface area contributed by atoms with Gasteiger partial charge in [-0.15, -0.1) is 0 Å². The van der Waals surface area contributed by atoms with Crippen molar-refractivity contribution in [2.45, 2.75) is 18.7 Å². The van der Waals surface area contributed by atoms with Crippen molar-refractivity contribution in [1.82, 2.24) is 5.43 Å². The zero-order chi connectivity index (χ0) is 24.7. The van der Waals surface area contributed by atoms with E-state index < -0.39 is 16.0 Å². The van der Waals surface area contributed by atoms with Gasteiger partial charge in [-0.2, -0.15) is 13.5 Å². The van der Waals surface area contributed by atoms with Gasteiger partial charge in [-0.05, 0) is 83.9 Å². The molecule has 0 aromatic heterocycles. The minimum Gasteiger partial charge on any atom is -0.497 e. The van der Waals surface area contributed by atoms with Crippen molar-refractivity contribution in [1.29, 1.82) is 0 Å². The highest BCUT2D eigenvalue weighted by Gasteiger charge is 2.22. The van der Waals surface area contributed by atoms with Gasteiger partial charge >= 0.3 is 10.1 Å². The molecule has 0 fully saturated rings. The molecule has 3 rings (SSSR count). The molecule has 0 aliphatic carbocycles. The lowest BCUT2D eigenvalue weighted by Gasteiger charge is -2.14. The molecule has 0 spiro atoms. The molecule has 0 saturated heterocycles. The number of amides is 1. The molecule has 0 saturated carbocycles. The number of benzene rings is 3. The van der Waals surface area contributed by atoms with Crippen molar-refractivity contribution in [2.75, 3.05) is 13.7 Å². The summed E-state index contributed by atoms with van der Waals surface area (Å²) in [6, 6.07) is 16.1. The summed E-state index contributed by atoms with van der Waals surface area (Å²) < 4.78 is 41.9. The average molecular weight is 547 g/mol. The summed E-state index contributed by atoms with van der Waals surface area (Å²) in [5, 5.41) is 3.97. The number of halogens is 1. The van der Waals surface area contributed by atoms with Gasteiger partial charge in [-0.1, -0.05) is 17.7 Å². The van der Waals surface area contributed by atoms with Crippen LogP contribution in [0.5, 0.6) is 17.2 Å². The highest BCUT2D eigenvalue weighted by Crippen LogP contribution is 2.38. The molecule has 0 unspecified atom stereocenters. The number of methoxy groups -OCH3 is 1. The van der Waals surface area contributed by atoms with E-state index in [1.165, 1.54) is 18.3 Å². The SMILES string of the molecule is CCOc1cc(/C=N\NC(=O)c2ccc(OC)cc2)cc(Br)c1OS(=O)(=O)c1ccc(C)cc1. The van der Waals surface area contributed by atoms with Crippen molar-refractivity contribution in [2.24, 2.45) is 5.10 Å². The molecule has 0 aliphatic heterocycles. The second-order valence-electron chi connectivity index (χ2n) is 7.04. The third-order valence-electron chi connectivity index (χ3n) is 4.57. The number of carbonyl (C=O) groups is 1. The van der Waals surface area contributed by atoms with Gasteiger partial charge in [0, 0.05) is 5.56 Å². The molecule has 8 nitrogen and oxygen atoms in total. The monoisotopic (exact) mass is 546 g/mol. The van der Waals surface area contributed by atoms with Crippen LogP contribution in [0.4, 0.5) is 0 Å². The number of ether oxygens (including phenoxy) is 2. The zero-order valence-corrected chi connectivity index (χ0v) is 21.1. The number of rotatable bonds is 9. The van der Waals surface area contributed by atoms with Gasteiger partial charge in [0.15, 0.2) is 11.5 Å². The smallest absolute Gasteiger partial charge is 0.339 e. The van der Waals surface area contributed by atoms with Crippen LogP contribution >= 0.6 is 15.9 Å². The summed E-state index contributed by atoms with van der Waals surface area (Å²) in [5.41, 5.74) is 4.33. The summed E-state index contributed by atoms with van der Waals surface area (Å²) in [5.74, 6) is 0.463. The van der Waals surface area contributed by atoms with Crippen LogP contribution in [0.3, 0.4) is 0 Å². The fourth-order valence-electron chi connectivity index (χ4n) is 2.84. The molecule has 178 valence electrons. The van der Waals surface area contributed by atoms with Crippen LogP contribution in [0.1, 0.15) is 28.4 Å². The van der Waals surface area contributed by atoms with Gasteiger partial charge in [-0.25, -0.2) is 5.43 Å². The predicted molar refractivity (Wildman–Crippen MR) is 132 cm³/mol. The summed E-state index contributed by atoms with van der Waals surface area (Å²) >= 11 is 3.35. The number of hydrogen-bond donors (Lipinski definition) is 1. The molecule has 0 atom stereocenters. The Kier molecular flexibility index (Phi) is 8.30. The molecule has 1 N–H and O–H groups in total. The topological polar surface area (TPSA) is 103 Å². The summed E-state index contributed by atoms with van der Waals surface area (Å²) in [4.78, 5) is 12.3. The first-order valence-electron chi connectivity index (χ1n) is 10.2. The average Bonchev–Trinajstić information content (AvgIpc) is 2.81. The Labute approximate surface area is 206 Å². The first kappa shape index (κ1) is 25.3. The standard InChI is InChI=1S/C24H23BrN2O6S/c1-4-32-22-14-17(15-26-27-24(28)18-7-9-19(31-3)10-8-18)13-21(25)23(22)33-34(29,30)20-11-5-16(2)6-12-20/h5-15H,4H2,1-3H3,(H,27,28)/b26-15-. The van der Waals surface area contributed by atoms with Crippen molar-refractivity contribution >= 4 is 38.2 Å². The van der Waals surface area contributed by atoms with E-state index in [1.807, 2.05) is 6.92 Å². The van der Waals surface area contributed by atoms with Crippen LogP contribution in [-0.4, -0.2) is 34.3 Å². The molecule has 0 aliphatic rings. The van der Waals surface area contributed by atoms with Crippen LogP contribution in [0.2, 0.25) is 0 Å². The molecule has 1 amide bonds. The van der Waals surface area contributed by atoms with Crippen molar-refractivity contribution in [3.63, 3.8) is 0 Å². The molecule has 0 heterocycles. The Morgan fingerprint density at radius 1 is 1.09 bits per heavy atom. The highest BCUT2D eigenvalue weighted by molar-refractivity contribution is 9.10. The van der Waals surface area contributed by atoms with Crippen LogP contribution < -0.4 is 19.1 Å². The van der Waals surface area contributed by atoms with Gasteiger partial charge in [0.05, 0.1) is 24.4 Å². The molecule has 10 heteroatoms. The lowest BCUT2D eigenvalue weighted by Crippen LogP contribution is -2.17. The second-order valence-corrected chi connectivity index (χ2v) is 9.44. The maximum absolute atomic E-state index is 12.7. The zero-order valence-electron chi connectivity index (χ0n) is 18.7. The molecule has 0 radical (unpaired) electrons. The van der Waals surface area contributed by atoms with Gasteiger partial charge in [-0.3, -0.25) is 4.79 Å². The van der Waals surface area contributed by atoms with E-state index in [0.29, 0.717) is 21.3 Å². The number of hydrazone groups is 1. The van der Waals surface area contributed by atoms with E-state index in [0.717, 1.165) is 5.56 Å². The van der Waals surface area contributed by atoms with E-state index in [4.69, 9.17) is 13.7 Å². The minimum atomic E-state index is -4.08. The van der Waals surface area contributed by atoms with E-state index in [-0.39, 0.29) is 23.0 Å². The lowest BCUT2D eigenvalue weighted by atomic mass is 10.2. The quantitative estimate of drug-likeness (QED) is 0.237. The predicted octanol–water partition coefficient (Wildman–Crippen LogP) is 4.70. The highest BCUT2D eigenvalue weighted by atomic mass is 79.9. The minimum absolute atomic E-state index is 0.0156. The largest absolute Gasteiger partial charge is 0.497 e. The Hall–Kier alpha value is -3.37. The normalized spacial score (nSPS) is 11.3. The van der Waals surface area contributed by atoms with Crippen molar-refractivity contribution < 1.29 is 26.9 Å². The third-order valence-corrected chi connectivity index (χ3v) is 6.39. The lowest BCUT2D eigenvalue weighted by molar-refractivity contribution is 0.0955. The van der Waals surface area contributed by atoms with E-state index >= 15 is 0 Å². The second kappa shape index (κ2) is 11.2. The van der Waals surface area contributed by atoms with Gasteiger partial charge in [0.1, 0.15) is 10.6 Å². The van der Waals surface area contributed by atoms with Crippen LogP contribution in [0.25, 0.3) is 0 Å². The Morgan fingerprint density at radius 2 is 1.76 bits per heavy atom. The van der Waals surface area contributed by atoms with Crippen LogP contribution in [0.15, 0.2) is 75.1 Å². The number of nitrogens with zero attached hydrogens (tertiary/aromatic N) is 1. The Balaban J connectivity index is 1.79. The third kappa shape index (κ3) is 6.36. The fraction of sp³-hybridized carbons (Fsp3) is 0.167. The molecular formula is C24H23BrN2O6S. The number of nitrogens with one attached hydrogen (secondary N) is 1. The Morgan fingerprint density at radius 3 is 2.38 bits per heavy atom. The summed E-state index contributed by atoms with van der Waals surface area (Å²) in [6.07, 6.45) is 1.41. The van der Waals surface area contributed by atoms with Crippen LogP contribution in [0, 0.1) is 6.92 Å². The summed E-state index contributed by atoms with van der Waals surface area (Å²) in [7, 11) is -2.54. The molecule has 34 heavy (non-hydrogen) atoms. The van der Waals surface area contributed by atoms with Gasteiger partial charge < -0.3 is 13.7 Å². The maximum atomic E-state index is 12.7. The van der Waals surface area contributed by atoms with E-state index in [1.54, 1.807) is 62.6 Å². The van der Waals surface area contributed by atoms with Gasteiger partial charge in [0.25, 0.3) is 5.91 Å².